The predicted molar refractivity (Wildman–Crippen MR) is 110 cm³/mol. The van der Waals surface area contributed by atoms with Crippen molar-refractivity contribution in [3.8, 4) is 0 Å². The number of carbonyl (C=O) groups excluding carboxylic acids is 2. The molecule has 1 aliphatic heterocycles. The highest BCUT2D eigenvalue weighted by Crippen LogP contribution is 2.16. The van der Waals surface area contributed by atoms with Gasteiger partial charge in [0.25, 0.3) is 17.4 Å². The molecule has 7 nitrogen and oxygen atoms in total. The molecule has 2 heterocycles. The molecule has 30 heavy (non-hydrogen) atoms. The van der Waals surface area contributed by atoms with Crippen LogP contribution in [0.1, 0.15) is 52.2 Å². The maximum absolute atomic E-state index is 13.0. The Kier molecular flexibility index (Phi) is 5.56. The number of nitrogens with zero attached hydrogens (tertiary/aromatic N) is 2. The van der Waals surface area contributed by atoms with Crippen LogP contribution >= 0.6 is 0 Å². The molecule has 4 rings (SSSR count). The fraction of sp³-hybridized carbons (Fsp3) is 0.273. The first kappa shape index (κ1) is 19.8. The second kappa shape index (κ2) is 8.44. The number of aromatic nitrogens is 2. The van der Waals surface area contributed by atoms with E-state index in [0.29, 0.717) is 17.4 Å². The van der Waals surface area contributed by atoms with Gasteiger partial charge in [0.1, 0.15) is 11.6 Å². The Bertz CT molecular complexity index is 1170. The molecule has 2 aromatic carbocycles. The largest absolute Gasteiger partial charge is 0.296 e. The number of benzene rings is 2. The number of carbonyl (C=O) groups is 2. The van der Waals surface area contributed by atoms with Gasteiger partial charge in [-0.25, -0.2) is 9.37 Å². The summed E-state index contributed by atoms with van der Waals surface area (Å²) in [5, 5.41) is 0.464. The standard InChI is InChI=1S/C22H21FN4O3/c23-16-9-6-14(7-10-16)20(28)25-26-21(29)15-8-11-17-18(13-15)24-19-5-3-1-2-4-12-27(19)22(17)30/h6-11,13H,1-5,12H2,(H,25,28)(H,26,29). The van der Waals surface area contributed by atoms with E-state index in [4.69, 9.17) is 0 Å². The predicted octanol–water partition coefficient (Wildman–Crippen LogP) is 2.73. The Balaban J connectivity index is 1.54. The van der Waals surface area contributed by atoms with Crippen molar-refractivity contribution in [2.45, 2.75) is 38.6 Å². The molecule has 0 aliphatic carbocycles. The molecule has 0 radical (unpaired) electrons. The van der Waals surface area contributed by atoms with Crippen LogP contribution in [0.2, 0.25) is 0 Å². The summed E-state index contributed by atoms with van der Waals surface area (Å²) in [7, 11) is 0. The van der Waals surface area contributed by atoms with Crippen molar-refractivity contribution < 1.29 is 14.0 Å². The average molecular weight is 408 g/mol. The van der Waals surface area contributed by atoms with Gasteiger partial charge in [-0.15, -0.1) is 0 Å². The number of aryl methyl sites for hydroxylation is 1. The van der Waals surface area contributed by atoms with Crippen LogP contribution < -0.4 is 16.4 Å². The molecule has 0 fully saturated rings. The van der Waals surface area contributed by atoms with Gasteiger partial charge in [-0.2, -0.15) is 0 Å². The molecule has 0 saturated carbocycles. The molecule has 3 aromatic rings. The Morgan fingerprint density at radius 1 is 0.900 bits per heavy atom. The fourth-order valence-corrected chi connectivity index (χ4v) is 3.60. The molecule has 154 valence electrons. The minimum absolute atomic E-state index is 0.0894. The van der Waals surface area contributed by atoms with Crippen molar-refractivity contribution in [3.63, 3.8) is 0 Å². The number of nitrogens with one attached hydrogen (secondary N) is 2. The minimum Gasteiger partial charge on any atom is -0.296 e. The number of amides is 2. The van der Waals surface area contributed by atoms with E-state index in [-0.39, 0.29) is 16.7 Å². The zero-order chi connectivity index (χ0) is 21.1. The van der Waals surface area contributed by atoms with Gasteiger partial charge in [0, 0.05) is 24.1 Å². The van der Waals surface area contributed by atoms with Crippen LogP contribution in [-0.4, -0.2) is 21.4 Å². The first-order valence-electron chi connectivity index (χ1n) is 9.92. The minimum atomic E-state index is -0.568. The molecule has 0 saturated heterocycles. The van der Waals surface area contributed by atoms with Gasteiger partial charge < -0.3 is 0 Å². The summed E-state index contributed by atoms with van der Waals surface area (Å²) < 4.78 is 14.7. The van der Waals surface area contributed by atoms with Crippen molar-refractivity contribution in [1.29, 1.82) is 0 Å². The molecule has 0 bridgehead atoms. The number of rotatable bonds is 2. The van der Waals surface area contributed by atoms with E-state index in [1.165, 1.54) is 18.2 Å². The Hall–Kier alpha value is -3.55. The molecular weight excluding hydrogens is 387 g/mol. The SMILES string of the molecule is O=C(NNC(=O)c1ccc2c(=O)n3c(nc2c1)CCCCCC3)c1ccc(F)cc1. The quantitative estimate of drug-likeness (QED) is 0.638. The van der Waals surface area contributed by atoms with Crippen LogP contribution in [0.25, 0.3) is 10.9 Å². The third-order valence-corrected chi connectivity index (χ3v) is 5.22. The van der Waals surface area contributed by atoms with Crippen LogP contribution in [-0.2, 0) is 13.0 Å². The number of hydrogen-bond donors (Lipinski definition) is 2. The van der Waals surface area contributed by atoms with Crippen LogP contribution in [0.15, 0.2) is 47.3 Å². The molecule has 1 aliphatic rings. The van der Waals surface area contributed by atoms with Crippen molar-refractivity contribution in [3.05, 3.63) is 75.6 Å². The van der Waals surface area contributed by atoms with Gasteiger partial charge in [-0.05, 0) is 55.3 Å². The van der Waals surface area contributed by atoms with E-state index in [1.807, 2.05) is 0 Å². The summed E-state index contributed by atoms with van der Waals surface area (Å²) >= 11 is 0. The Morgan fingerprint density at radius 2 is 1.57 bits per heavy atom. The van der Waals surface area contributed by atoms with E-state index >= 15 is 0 Å². The highest BCUT2D eigenvalue weighted by molar-refractivity contribution is 6.00. The lowest BCUT2D eigenvalue weighted by Crippen LogP contribution is -2.41. The van der Waals surface area contributed by atoms with E-state index in [9.17, 15) is 18.8 Å². The van der Waals surface area contributed by atoms with Gasteiger partial charge in [-0.3, -0.25) is 29.8 Å². The van der Waals surface area contributed by atoms with Crippen molar-refractivity contribution in [2.75, 3.05) is 0 Å². The second-order valence-corrected chi connectivity index (χ2v) is 7.30. The topological polar surface area (TPSA) is 93.1 Å². The molecule has 2 N–H and O–H groups in total. The molecular formula is C22H21FN4O3. The number of hydrazine groups is 1. The zero-order valence-corrected chi connectivity index (χ0v) is 16.3. The number of fused-ring (bicyclic) bond motifs is 2. The van der Waals surface area contributed by atoms with E-state index in [0.717, 1.165) is 50.1 Å². The third-order valence-electron chi connectivity index (χ3n) is 5.22. The Labute approximate surface area is 171 Å². The number of halogens is 1. The maximum Gasteiger partial charge on any atom is 0.269 e. The highest BCUT2D eigenvalue weighted by atomic mass is 19.1. The lowest BCUT2D eigenvalue weighted by atomic mass is 10.1. The summed E-state index contributed by atoms with van der Waals surface area (Å²) in [4.78, 5) is 42.0. The van der Waals surface area contributed by atoms with Crippen LogP contribution in [0.3, 0.4) is 0 Å². The smallest absolute Gasteiger partial charge is 0.269 e. The van der Waals surface area contributed by atoms with E-state index in [1.54, 1.807) is 16.7 Å². The zero-order valence-electron chi connectivity index (χ0n) is 16.3. The maximum atomic E-state index is 13.0. The summed E-state index contributed by atoms with van der Waals surface area (Å²) in [5.74, 6) is -0.819. The van der Waals surface area contributed by atoms with Gasteiger partial charge in [-0.1, -0.05) is 12.8 Å². The summed E-state index contributed by atoms with van der Waals surface area (Å²) in [5.41, 5.74) is 5.48. The molecule has 8 heteroatoms. The third kappa shape index (κ3) is 4.07. The molecule has 0 atom stereocenters. The molecule has 2 amide bonds. The van der Waals surface area contributed by atoms with Crippen molar-refractivity contribution in [1.82, 2.24) is 20.4 Å². The van der Waals surface area contributed by atoms with Crippen LogP contribution in [0, 0.1) is 5.82 Å². The van der Waals surface area contributed by atoms with E-state index in [2.05, 4.69) is 15.8 Å². The first-order chi connectivity index (χ1) is 14.5. The van der Waals surface area contributed by atoms with Crippen molar-refractivity contribution >= 4 is 22.7 Å². The molecule has 0 spiro atoms. The van der Waals surface area contributed by atoms with Gasteiger partial charge in [0.15, 0.2) is 0 Å². The lowest BCUT2D eigenvalue weighted by molar-refractivity contribution is 0.0846. The summed E-state index contributed by atoms with van der Waals surface area (Å²) in [6, 6.07) is 9.63. The van der Waals surface area contributed by atoms with Crippen molar-refractivity contribution in [2.24, 2.45) is 0 Å². The summed E-state index contributed by atoms with van der Waals surface area (Å²) in [6.07, 6.45) is 4.88. The van der Waals surface area contributed by atoms with Gasteiger partial charge in [0.05, 0.1) is 10.9 Å². The highest BCUT2D eigenvalue weighted by Gasteiger charge is 2.15. The molecule has 1 aromatic heterocycles. The average Bonchev–Trinajstić information content (AvgIpc) is 2.73. The van der Waals surface area contributed by atoms with Crippen LogP contribution in [0.5, 0.6) is 0 Å². The Morgan fingerprint density at radius 3 is 2.33 bits per heavy atom. The van der Waals surface area contributed by atoms with E-state index < -0.39 is 17.6 Å². The van der Waals surface area contributed by atoms with Crippen LogP contribution in [0.4, 0.5) is 4.39 Å². The van der Waals surface area contributed by atoms with Gasteiger partial charge >= 0.3 is 0 Å². The monoisotopic (exact) mass is 408 g/mol. The number of hydrogen-bond acceptors (Lipinski definition) is 4. The first-order valence-corrected chi connectivity index (χ1v) is 9.92. The second-order valence-electron chi connectivity index (χ2n) is 7.30. The summed E-state index contributed by atoms with van der Waals surface area (Å²) in [6.45, 7) is 0.661. The fourth-order valence-electron chi connectivity index (χ4n) is 3.60. The molecule has 0 unspecified atom stereocenters. The van der Waals surface area contributed by atoms with Gasteiger partial charge in [0.2, 0.25) is 0 Å². The lowest BCUT2D eigenvalue weighted by Gasteiger charge is -2.16. The normalized spacial score (nSPS) is 13.8.